The zero-order valence-corrected chi connectivity index (χ0v) is 14.7. The highest BCUT2D eigenvalue weighted by Gasteiger charge is 2.33. The first-order valence-corrected chi connectivity index (χ1v) is 9.39. The van der Waals surface area contributed by atoms with Crippen LogP contribution in [0, 0.1) is 5.92 Å². The molecule has 122 valence electrons. The summed E-state index contributed by atoms with van der Waals surface area (Å²) >= 11 is 1.90. The van der Waals surface area contributed by atoms with Crippen LogP contribution in [0.5, 0.6) is 0 Å². The number of nitrogens with zero attached hydrogens (tertiary/aromatic N) is 2. The molecule has 1 aromatic heterocycles. The van der Waals surface area contributed by atoms with Crippen molar-refractivity contribution in [2.45, 2.75) is 52.2 Å². The molecule has 3 rings (SSSR count). The summed E-state index contributed by atoms with van der Waals surface area (Å²) in [7, 11) is 0. The van der Waals surface area contributed by atoms with Crippen LogP contribution >= 0.6 is 11.3 Å². The highest BCUT2D eigenvalue weighted by atomic mass is 32.1. The molecule has 4 nitrogen and oxygen atoms in total. The lowest BCUT2D eigenvalue weighted by atomic mass is 10.1. The molecule has 2 N–H and O–H groups in total. The molecule has 2 aliphatic rings. The lowest BCUT2D eigenvalue weighted by Gasteiger charge is -2.31. The zero-order valence-electron chi connectivity index (χ0n) is 13.9. The Morgan fingerprint density at radius 3 is 3.09 bits per heavy atom. The molecule has 0 radical (unpaired) electrons. The monoisotopic (exact) mass is 320 g/mol. The molecule has 3 atom stereocenters. The van der Waals surface area contributed by atoms with Gasteiger partial charge in [-0.3, -0.25) is 9.89 Å². The summed E-state index contributed by atoms with van der Waals surface area (Å²) in [5, 5.41) is 9.12. The highest BCUT2D eigenvalue weighted by Crippen LogP contribution is 2.28. The minimum absolute atomic E-state index is 0.486. The van der Waals surface area contributed by atoms with Gasteiger partial charge in [0.1, 0.15) is 0 Å². The second-order valence-electron chi connectivity index (χ2n) is 6.62. The first-order chi connectivity index (χ1) is 10.7. The van der Waals surface area contributed by atoms with Crippen molar-refractivity contribution < 1.29 is 0 Å². The van der Waals surface area contributed by atoms with Gasteiger partial charge in [-0.05, 0) is 49.6 Å². The van der Waals surface area contributed by atoms with Gasteiger partial charge >= 0.3 is 0 Å². The first kappa shape index (κ1) is 15.8. The molecule has 5 heteroatoms. The van der Waals surface area contributed by atoms with Gasteiger partial charge in [0.15, 0.2) is 5.96 Å². The molecular formula is C17H28N4S. The van der Waals surface area contributed by atoms with E-state index in [0.717, 1.165) is 38.1 Å². The maximum absolute atomic E-state index is 4.80. The van der Waals surface area contributed by atoms with Crippen LogP contribution in [-0.2, 0) is 13.0 Å². The number of hydrogen-bond donors (Lipinski definition) is 2. The van der Waals surface area contributed by atoms with Crippen molar-refractivity contribution in [1.29, 1.82) is 0 Å². The van der Waals surface area contributed by atoms with Crippen LogP contribution in [0.4, 0.5) is 0 Å². The average molecular weight is 321 g/mol. The Kier molecular flexibility index (Phi) is 5.03. The fourth-order valence-electron chi connectivity index (χ4n) is 3.00. The third-order valence-corrected chi connectivity index (χ3v) is 5.77. The molecule has 1 fully saturated rings. The third-order valence-electron chi connectivity index (χ3n) is 4.75. The Hall–Kier alpha value is -1.07. The van der Waals surface area contributed by atoms with Crippen molar-refractivity contribution in [3.63, 3.8) is 0 Å². The summed E-state index contributed by atoms with van der Waals surface area (Å²) in [6.45, 7) is 10.7. The molecule has 1 aliphatic carbocycles. The van der Waals surface area contributed by atoms with E-state index >= 15 is 0 Å². The quantitative estimate of drug-likeness (QED) is 0.647. The number of hydrogen-bond acceptors (Lipinski definition) is 3. The Morgan fingerprint density at radius 2 is 2.36 bits per heavy atom. The van der Waals surface area contributed by atoms with Gasteiger partial charge in [-0.2, -0.15) is 0 Å². The van der Waals surface area contributed by atoms with E-state index in [-0.39, 0.29) is 0 Å². The molecule has 0 spiro atoms. The third kappa shape index (κ3) is 3.82. The molecule has 0 amide bonds. The minimum atomic E-state index is 0.486. The van der Waals surface area contributed by atoms with Gasteiger partial charge in [-0.25, -0.2) is 0 Å². The van der Waals surface area contributed by atoms with E-state index in [9.17, 15) is 0 Å². The molecule has 0 bridgehead atoms. The van der Waals surface area contributed by atoms with E-state index in [2.05, 4.69) is 47.8 Å². The van der Waals surface area contributed by atoms with Gasteiger partial charge in [0.05, 0.1) is 6.54 Å². The summed E-state index contributed by atoms with van der Waals surface area (Å²) in [6.07, 6.45) is 2.46. The number of rotatable bonds is 5. The summed E-state index contributed by atoms with van der Waals surface area (Å²) in [5.41, 5.74) is 1.52. The molecular weight excluding hydrogens is 292 g/mol. The molecule has 0 saturated heterocycles. The normalized spacial score (nSPS) is 26.4. The Morgan fingerprint density at radius 1 is 1.55 bits per heavy atom. The summed E-state index contributed by atoms with van der Waals surface area (Å²) in [4.78, 5) is 8.93. The van der Waals surface area contributed by atoms with E-state index in [1.54, 1.807) is 4.88 Å². The van der Waals surface area contributed by atoms with Crippen molar-refractivity contribution in [3.05, 3.63) is 21.9 Å². The Labute approximate surface area is 138 Å². The topological polar surface area (TPSA) is 39.7 Å². The summed E-state index contributed by atoms with van der Waals surface area (Å²) < 4.78 is 0. The van der Waals surface area contributed by atoms with Gasteiger partial charge in [-0.15, -0.1) is 11.3 Å². The van der Waals surface area contributed by atoms with Crippen LogP contribution in [0.1, 0.15) is 37.6 Å². The molecule has 2 heterocycles. The predicted molar refractivity (Wildman–Crippen MR) is 94.6 cm³/mol. The van der Waals surface area contributed by atoms with E-state index in [1.807, 2.05) is 11.3 Å². The summed E-state index contributed by atoms with van der Waals surface area (Å²) in [5.74, 6) is 1.78. The number of thiophene rings is 1. The predicted octanol–water partition coefficient (Wildman–Crippen LogP) is 2.46. The molecule has 1 aliphatic heterocycles. The largest absolute Gasteiger partial charge is 0.357 e. The summed E-state index contributed by atoms with van der Waals surface area (Å²) in [6, 6.07) is 3.39. The van der Waals surface area contributed by atoms with Crippen molar-refractivity contribution >= 4 is 17.3 Å². The van der Waals surface area contributed by atoms with Gasteiger partial charge in [0, 0.05) is 36.6 Å². The molecule has 1 aromatic rings. The van der Waals surface area contributed by atoms with Crippen molar-refractivity contribution in [1.82, 2.24) is 15.5 Å². The standard InChI is InChI=1S/C17H28N4S/c1-4-18-17(20-15-9-12(15)2)19-10-13(3)21-7-5-16-14(11-21)6-8-22-16/h6,8,12-13,15H,4-5,7,9-11H2,1-3H3,(H2,18,19,20). The van der Waals surface area contributed by atoms with Gasteiger partial charge in [-0.1, -0.05) is 6.92 Å². The SMILES string of the molecule is CCNC(=NCC(C)N1CCc2sccc2C1)NC1CC1C. The molecule has 0 aromatic carbocycles. The van der Waals surface area contributed by atoms with E-state index in [4.69, 9.17) is 4.99 Å². The van der Waals surface area contributed by atoms with Crippen molar-refractivity contribution in [3.8, 4) is 0 Å². The maximum Gasteiger partial charge on any atom is 0.191 e. The van der Waals surface area contributed by atoms with E-state index < -0.39 is 0 Å². The van der Waals surface area contributed by atoms with Crippen LogP contribution in [0.3, 0.4) is 0 Å². The lowest BCUT2D eigenvalue weighted by molar-refractivity contribution is 0.197. The van der Waals surface area contributed by atoms with Gasteiger partial charge in [0.2, 0.25) is 0 Å². The van der Waals surface area contributed by atoms with Crippen LogP contribution < -0.4 is 10.6 Å². The fourth-order valence-corrected chi connectivity index (χ4v) is 3.89. The second kappa shape index (κ2) is 7.01. The molecule has 1 saturated carbocycles. The van der Waals surface area contributed by atoms with Gasteiger partial charge < -0.3 is 10.6 Å². The van der Waals surface area contributed by atoms with Crippen LogP contribution in [0.25, 0.3) is 0 Å². The smallest absolute Gasteiger partial charge is 0.191 e. The minimum Gasteiger partial charge on any atom is -0.357 e. The van der Waals surface area contributed by atoms with E-state index in [0.29, 0.717) is 12.1 Å². The van der Waals surface area contributed by atoms with Crippen molar-refractivity contribution in [2.75, 3.05) is 19.6 Å². The molecule has 22 heavy (non-hydrogen) atoms. The number of nitrogens with one attached hydrogen (secondary N) is 2. The number of fused-ring (bicyclic) bond motifs is 1. The van der Waals surface area contributed by atoms with Crippen molar-refractivity contribution in [2.24, 2.45) is 10.9 Å². The maximum atomic E-state index is 4.80. The average Bonchev–Trinajstić information content (AvgIpc) is 3.02. The second-order valence-corrected chi connectivity index (χ2v) is 7.62. The fraction of sp³-hybridized carbons (Fsp3) is 0.706. The molecule has 3 unspecified atom stereocenters. The Balaban J connectivity index is 1.53. The van der Waals surface area contributed by atoms with Crippen LogP contribution in [0.15, 0.2) is 16.4 Å². The van der Waals surface area contributed by atoms with Crippen LogP contribution in [-0.4, -0.2) is 42.6 Å². The number of aliphatic imine (C=N–C) groups is 1. The Bertz CT molecular complexity index is 524. The highest BCUT2D eigenvalue weighted by molar-refractivity contribution is 7.10. The van der Waals surface area contributed by atoms with E-state index in [1.165, 1.54) is 18.4 Å². The van der Waals surface area contributed by atoms with Gasteiger partial charge in [0.25, 0.3) is 0 Å². The first-order valence-electron chi connectivity index (χ1n) is 8.51. The van der Waals surface area contributed by atoms with Crippen LogP contribution in [0.2, 0.25) is 0 Å². The number of guanidine groups is 1. The lowest BCUT2D eigenvalue weighted by Crippen LogP contribution is -2.42. The zero-order chi connectivity index (χ0) is 15.5.